The number of carboxylic acids is 2. The number of carboxylic acid groups (broad SMARTS) is 2. The predicted octanol–water partition coefficient (Wildman–Crippen LogP) is 1.65. The highest BCUT2D eigenvalue weighted by Gasteiger charge is 2.42. The van der Waals surface area contributed by atoms with Crippen LogP contribution in [0.4, 0.5) is 0 Å². The molecule has 1 aromatic heterocycles. The lowest BCUT2D eigenvalue weighted by atomic mass is 9.69. The van der Waals surface area contributed by atoms with Gasteiger partial charge in [-0.25, -0.2) is 0 Å². The molecule has 6 atom stereocenters. The quantitative estimate of drug-likeness (QED) is 0.518. The SMILES string of the molecule is CCCc1nnn([C@H]2C[C@@H](C(=O)O)N(CC3CC[C@H]4CNC(C(=O)O)CC4C3)C2)n1.Cl.Cl. The van der Waals surface area contributed by atoms with Crippen molar-refractivity contribution in [2.75, 3.05) is 19.6 Å². The highest BCUT2D eigenvalue weighted by atomic mass is 35.5. The fraction of sp³-hybridized carbons (Fsp3) is 0.850. The number of tetrazole rings is 1. The number of piperidine rings is 1. The largest absolute Gasteiger partial charge is 0.480 e. The van der Waals surface area contributed by atoms with E-state index < -0.39 is 24.0 Å². The van der Waals surface area contributed by atoms with E-state index in [0.717, 1.165) is 45.2 Å². The van der Waals surface area contributed by atoms with Gasteiger partial charge in [0.05, 0.1) is 6.04 Å². The zero-order valence-electron chi connectivity index (χ0n) is 18.3. The number of carbonyl (C=O) groups is 2. The molecule has 3 fully saturated rings. The second kappa shape index (κ2) is 11.6. The topological polar surface area (TPSA) is 133 Å². The van der Waals surface area contributed by atoms with Crippen molar-refractivity contribution in [3.8, 4) is 0 Å². The molecule has 3 aliphatic rings. The second-order valence-electron chi connectivity index (χ2n) is 9.21. The minimum Gasteiger partial charge on any atom is -0.480 e. The monoisotopic (exact) mass is 492 g/mol. The van der Waals surface area contributed by atoms with Gasteiger partial charge >= 0.3 is 11.9 Å². The van der Waals surface area contributed by atoms with Gasteiger partial charge in [-0.05, 0) is 68.0 Å². The van der Waals surface area contributed by atoms with Crippen LogP contribution in [0.15, 0.2) is 0 Å². The van der Waals surface area contributed by atoms with Gasteiger partial charge in [0.15, 0.2) is 5.82 Å². The molecule has 0 radical (unpaired) electrons. The first-order valence-corrected chi connectivity index (χ1v) is 11.2. The minimum atomic E-state index is -0.798. The fourth-order valence-corrected chi connectivity index (χ4v) is 5.59. The average Bonchev–Trinajstić information content (AvgIpc) is 3.35. The minimum absolute atomic E-state index is 0. The van der Waals surface area contributed by atoms with Crippen molar-refractivity contribution < 1.29 is 19.8 Å². The molecule has 2 aliphatic heterocycles. The van der Waals surface area contributed by atoms with Crippen LogP contribution in [0.2, 0.25) is 0 Å². The molecule has 2 saturated heterocycles. The maximum atomic E-state index is 11.9. The highest BCUT2D eigenvalue weighted by Crippen LogP contribution is 2.40. The Morgan fingerprint density at radius 2 is 1.88 bits per heavy atom. The summed E-state index contributed by atoms with van der Waals surface area (Å²) in [5.41, 5.74) is 0. The van der Waals surface area contributed by atoms with E-state index in [4.69, 9.17) is 0 Å². The molecule has 1 saturated carbocycles. The number of nitrogens with one attached hydrogen (secondary N) is 1. The van der Waals surface area contributed by atoms with Crippen LogP contribution in [0.1, 0.15) is 57.3 Å². The lowest BCUT2D eigenvalue weighted by Gasteiger charge is -2.42. The summed E-state index contributed by atoms with van der Waals surface area (Å²) < 4.78 is 0. The number of aliphatic carboxylic acids is 2. The number of nitrogens with zero attached hydrogens (tertiary/aromatic N) is 5. The number of rotatable bonds is 7. The lowest BCUT2D eigenvalue weighted by Crippen LogP contribution is -2.50. The molecule has 0 aromatic carbocycles. The normalized spacial score (nSPS) is 32.4. The molecular weight excluding hydrogens is 459 g/mol. The lowest BCUT2D eigenvalue weighted by molar-refractivity contribution is -0.143. The number of aryl methyl sites for hydroxylation is 1. The van der Waals surface area contributed by atoms with Gasteiger partial charge in [-0.15, -0.1) is 35.0 Å². The molecule has 0 amide bonds. The molecule has 12 heteroatoms. The molecule has 3 unspecified atom stereocenters. The van der Waals surface area contributed by atoms with Crippen molar-refractivity contribution >= 4 is 36.8 Å². The second-order valence-corrected chi connectivity index (χ2v) is 9.21. The highest BCUT2D eigenvalue weighted by molar-refractivity contribution is 5.85. The Morgan fingerprint density at radius 1 is 1.09 bits per heavy atom. The van der Waals surface area contributed by atoms with Crippen LogP contribution in [-0.2, 0) is 16.0 Å². The molecule has 10 nitrogen and oxygen atoms in total. The summed E-state index contributed by atoms with van der Waals surface area (Å²) in [6, 6.07) is -1.06. The first-order chi connectivity index (χ1) is 14.4. The molecule has 1 aliphatic carbocycles. The van der Waals surface area contributed by atoms with E-state index in [2.05, 4.69) is 32.6 Å². The first-order valence-electron chi connectivity index (χ1n) is 11.2. The van der Waals surface area contributed by atoms with E-state index in [1.54, 1.807) is 4.80 Å². The van der Waals surface area contributed by atoms with Crippen molar-refractivity contribution in [2.45, 2.75) is 70.0 Å². The molecule has 3 heterocycles. The average molecular weight is 493 g/mol. The summed E-state index contributed by atoms with van der Waals surface area (Å²) in [6.07, 6.45) is 6.00. The summed E-state index contributed by atoms with van der Waals surface area (Å²) >= 11 is 0. The van der Waals surface area contributed by atoms with E-state index in [1.807, 2.05) is 0 Å². The Kier molecular flexibility index (Phi) is 9.68. The van der Waals surface area contributed by atoms with Crippen LogP contribution in [0.5, 0.6) is 0 Å². The van der Waals surface area contributed by atoms with E-state index in [1.165, 1.54) is 0 Å². The van der Waals surface area contributed by atoms with Gasteiger partial charge in [-0.3, -0.25) is 14.5 Å². The smallest absolute Gasteiger partial charge is 0.321 e. The fourth-order valence-electron chi connectivity index (χ4n) is 5.59. The van der Waals surface area contributed by atoms with Crippen LogP contribution in [-0.4, -0.2) is 79.0 Å². The van der Waals surface area contributed by atoms with Gasteiger partial charge in [0.25, 0.3) is 0 Å². The molecule has 182 valence electrons. The standard InChI is InChI=1S/C20H32N6O4.2ClH/c1-2-3-18-22-24-26(23-18)15-8-17(20(29)30)25(11-15)10-12-4-5-13-9-21-16(19(27)28)7-14(13)6-12;;/h12-17,21H,2-11H2,1H3,(H,27,28)(H,29,30);2*1H/t12?,13-,14?,15-,16?,17-;;/m0../s1. The van der Waals surface area contributed by atoms with Crippen molar-refractivity contribution in [1.82, 2.24) is 30.4 Å². The Labute approximate surface area is 200 Å². The molecule has 1 aromatic rings. The van der Waals surface area contributed by atoms with Gasteiger partial charge in [-0.2, -0.15) is 4.80 Å². The van der Waals surface area contributed by atoms with Gasteiger partial charge in [0.1, 0.15) is 12.1 Å². The van der Waals surface area contributed by atoms with Crippen LogP contribution < -0.4 is 5.32 Å². The molecule has 3 N–H and O–H groups in total. The number of hydrogen-bond acceptors (Lipinski definition) is 7. The van der Waals surface area contributed by atoms with Gasteiger partial charge in [0.2, 0.25) is 0 Å². The van der Waals surface area contributed by atoms with Gasteiger partial charge in [-0.1, -0.05) is 6.92 Å². The van der Waals surface area contributed by atoms with Crippen molar-refractivity contribution in [3.63, 3.8) is 0 Å². The van der Waals surface area contributed by atoms with E-state index in [-0.39, 0.29) is 30.9 Å². The van der Waals surface area contributed by atoms with Crippen LogP contribution in [0.25, 0.3) is 0 Å². The summed E-state index contributed by atoms with van der Waals surface area (Å²) in [6.45, 7) is 4.19. The molecule has 0 spiro atoms. The third-order valence-electron chi connectivity index (χ3n) is 7.14. The number of aromatic nitrogens is 4. The van der Waals surface area contributed by atoms with Crippen LogP contribution in [0, 0.1) is 17.8 Å². The van der Waals surface area contributed by atoms with Crippen LogP contribution >= 0.6 is 24.8 Å². The zero-order chi connectivity index (χ0) is 21.3. The Balaban J connectivity index is 0.00000181. The Hall–Kier alpha value is -1.49. The summed E-state index contributed by atoms with van der Waals surface area (Å²) in [4.78, 5) is 26.9. The van der Waals surface area contributed by atoms with Crippen molar-refractivity contribution in [2.24, 2.45) is 17.8 Å². The van der Waals surface area contributed by atoms with Crippen LogP contribution in [0.3, 0.4) is 0 Å². The predicted molar refractivity (Wildman–Crippen MR) is 121 cm³/mol. The third kappa shape index (κ3) is 5.89. The summed E-state index contributed by atoms with van der Waals surface area (Å²) in [7, 11) is 0. The Morgan fingerprint density at radius 3 is 2.56 bits per heavy atom. The van der Waals surface area contributed by atoms with E-state index in [0.29, 0.717) is 43.0 Å². The van der Waals surface area contributed by atoms with Crippen molar-refractivity contribution in [1.29, 1.82) is 0 Å². The Bertz CT molecular complexity index is 781. The van der Waals surface area contributed by atoms with Gasteiger partial charge in [0, 0.05) is 19.5 Å². The number of halogens is 2. The first kappa shape index (κ1) is 26.8. The maximum Gasteiger partial charge on any atom is 0.321 e. The molecule has 4 rings (SSSR count). The number of fused-ring (bicyclic) bond motifs is 1. The molecule has 32 heavy (non-hydrogen) atoms. The van der Waals surface area contributed by atoms with Crippen molar-refractivity contribution in [3.05, 3.63) is 5.82 Å². The van der Waals surface area contributed by atoms with Gasteiger partial charge < -0.3 is 15.5 Å². The van der Waals surface area contributed by atoms with E-state index >= 15 is 0 Å². The number of hydrogen-bond donors (Lipinski definition) is 3. The van der Waals surface area contributed by atoms with E-state index in [9.17, 15) is 19.8 Å². The number of likely N-dealkylation sites (tertiary alicyclic amines) is 1. The molecular formula is C20H34Cl2N6O4. The summed E-state index contributed by atoms with van der Waals surface area (Å²) in [5.74, 6) is 0.481. The summed E-state index contributed by atoms with van der Waals surface area (Å²) in [5, 5.41) is 35.0. The third-order valence-corrected chi connectivity index (χ3v) is 7.14. The molecule has 0 bridgehead atoms. The zero-order valence-corrected chi connectivity index (χ0v) is 19.9. The maximum absolute atomic E-state index is 11.9.